The molecule has 0 bridgehead atoms. The van der Waals surface area contributed by atoms with E-state index in [9.17, 15) is 0 Å². The highest BCUT2D eigenvalue weighted by molar-refractivity contribution is 7.07. The Morgan fingerprint density at radius 2 is 1.77 bits per heavy atom. The number of pyridine rings is 1. The van der Waals surface area contributed by atoms with Gasteiger partial charge in [0.1, 0.15) is 0 Å². The van der Waals surface area contributed by atoms with Gasteiger partial charge in [-0.2, -0.15) is 0 Å². The lowest BCUT2D eigenvalue weighted by atomic mass is 10.1. The van der Waals surface area contributed by atoms with E-state index in [1.807, 2.05) is 18.3 Å². The van der Waals surface area contributed by atoms with Crippen molar-refractivity contribution in [2.45, 2.75) is 13.5 Å². The van der Waals surface area contributed by atoms with Gasteiger partial charge in [0.2, 0.25) is 0 Å². The van der Waals surface area contributed by atoms with Crippen molar-refractivity contribution in [2.24, 2.45) is 4.99 Å². The number of aryl methyl sites for hydroxylation is 1. The van der Waals surface area contributed by atoms with Crippen LogP contribution in [-0.2, 0) is 6.54 Å². The maximum atomic E-state index is 4.89. The second-order valence-electron chi connectivity index (χ2n) is 6.16. The Morgan fingerprint density at radius 3 is 2.50 bits per heavy atom. The molecule has 2 aromatic carbocycles. The summed E-state index contributed by atoms with van der Waals surface area (Å²) in [6.45, 7) is 2.83. The van der Waals surface area contributed by atoms with Gasteiger partial charge < -0.3 is 4.57 Å². The van der Waals surface area contributed by atoms with Gasteiger partial charge in [-0.1, -0.05) is 54.1 Å². The van der Waals surface area contributed by atoms with E-state index in [4.69, 9.17) is 4.99 Å². The average molecular weight is 357 g/mol. The molecule has 0 N–H and O–H groups in total. The summed E-state index contributed by atoms with van der Waals surface area (Å²) in [5, 5.41) is 2.18. The monoisotopic (exact) mass is 357 g/mol. The predicted octanol–water partition coefficient (Wildman–Crippen LogP) is 5.20. The quantitative estimate of drug-likeness (QED) is 0.494. The summed E-state index contributed by atoms with van der Waals surface area (Å²) in [5.74, 6) is 0. The van der Waals surface area contributed by atoms with E-state index in [0.717, 1.165) is 22.6 Å². The number of aromatic nitrogens is 2. The number of rotatable bonds is 4. The first-order chi connectivity index (χ1) is 12.8. The Morgan fingerprint density at radius 1 is 0.962 bits per heavy atom. The van der Waals surface area contributed by atoms with Crippen LogP contribution in [0.1, 0.15) is 11.1 Å². The lowest BCUT2D eigenvalue weighted by Crippen LogP contribution is -2.16. The van der Waals surface area contributed by atoms with Crippen molar-refractivity contribution in [3.05, 3.63) is 100 Å². The minimum atomic E-state index is 0.742. The Bertz CT molecular complexity index is 1050. The topological polar surface area (TPSA) is 30.2 Å². The Labute approximate surface area is 157 Å². The van der Waals surface area contributed by atoms with E-state index in [1.54, 1.807) is 17.5 Å². The predicted molar refractivity (Wildman–Crippen MR) is 107 cm³/mol. The zero-order valence-corrected chi connectivity index (χ0v) is 15.4. The van der Waals surface area contributed by atoms with Crippen molar-refractivity contribution in [1.82, 2.24) is 9.55 Å². The molecule has 0 radical (unpaired) electrons. The molecule has 128 valence electrons. The minimum Gasteiger partial charge on any atom is -0.312 e. The van der Waals surface area contributed by atoms with Gasteiger partial charge in [-0.15, -0.1) is 11.3 Å². The zero-order chi connectivity index (χ0) is 17.8. The highest BCUT2D eigenvalue weighted by Crippen LogP contribution is 2.21. The van der Waals surface area contributed by atoms with Gasteiger partial charge in [-0.3, -0.25) is 4.98 Å². The molecular formula is C22H19N3S. The highest BCUT2D eigenvalue weighted by atomic mass is 32.1. The number of thiazole rings is 1. The van der Waals surface area contributed by atoms with Crippen molar-refractivity contribution in [3.8, 4) is 11.3 Å². The van der Waals surface area contributed by atoms with Gasteiger partial charge in [-0.25, -0.2) is 4.99 Å². The molecule has 4 rings (SSSR count). The fourth-order valence-corrected chi connectivity index (χ4v) is 3.74. The van der Waals surface area contributed by atoms with Crippen LogP contribution in [0, 0.1) is 6.92 Å². The van der Waals surface area contributed by atoms with E-state index in [0.29, 0.717) is 0 Å². The van der Waals surface area contributed by atoms with E-state index >= 15 is 0 Å². The lowest BCUT2D eigenvalue weighted by Gasteiger charge is -2.09. The number of nitrogens with zero attached hydrogens (tertiary/aromatic N) is 3. The van der Waals surface area contributed by atoms with Gasteiger partial charge in [0.05, 0.1) is 17.9 Å². The second-order valence-corrected chi connectivity index (χ2v) is 7.00. The third kappa shape index (κ3) is 3.65. The molecule has 4 aromatic rings. The number of benzene rings is 2. The van der Waals surface area contributed by atoms with Crippen LogP contribution in [0.3, 0.4) is 0 Å². The first-order valence-electron chi connectivity index (χ1n) is 8.54. The van der Waals surface area contributed by atoms with Crippen LogP contribution in [0.5, 0.6) is 0 Å². The number of hydrogen-bond acceptors (Lipinski definition) is 3. The van der Waals surface area contributed by atoms with E-state index in [-0.39, 0.29) is 0 Å². The van der Waals surface area contributed by atoms with Crippen LogP contribution in [0.15, 0.2) is 89.5 Å². The van der Waals surface area contributed by atoms with Crippen LogP contribution in [0.25, 0.3) is 11.3 Å². The van der Waals surface area contributed by atoms with Gasteiger partial charge in [0, 0.05) is 17.8 Å². The van der Waals surface area contributed by atoms with Crippen molar-refractivity contribution < 1.29 is 0 Å². The molecule has 0 saturated carbocycles. The molecule has 4 heteroatoms. The Kier molecular flexibility index (Phi) is 4.75. The molecule has 2 aromatic heterocycles. The second kappa shape index (κ2) is 7.50. The van der Waals surface area contributed by atoms with Crippen LogP contribution in [-0.4, -0.2) is 9.55 Å². The summed E-state index contributed by atoms with van der Waals surface area (Å²) in [6.07, 6.45) is 3.71. The standard InChI is InChI=1S/C22H19N3S/c1-17-9-11-20(12-10-17)24-22-25(15-18-6-5-13-23-14-18)21(16-26-22)19-7-3-2-4-8-19/h2-14,16H,15H2,1H3. The molecule has 3 nitrogen and oxygen atoms in total. The summed E-state index contributed by atoms with van der Waals surface area (Å²) in [6, 6.07) is 22.8. The smallest absolute Gasteiger partial charge is 0.190 e. The van der Waals surface area contributed by atoms with E-state index in [2.05, 4.69) is 76.5 Å². The van der Waals surface area contributed by atoms with Crippen LogP contribution in [0.4, 0.5) is 5.69 Å². The fourth-order valence-electron chi connectivity index (χ4n) is 2.82. The largest absolute Gasteiger partial charge is 0.312 e. The molecule has 0 aliphatic rings. The van der Waals surface area contributed by atoms with Crippen LogP contribution < -0.4 is 4.80 Å². The minimum absolute atomic E-state index is 0.742. The van der Waals surface area contributed by atoms with Crippen molar-refractivity contribution >= 4 is 17.0 Å². The third-order valence-corrected chi connectivity index (χ3v) is 5.05. The number of hydrogen-bond donors (Lipinski definition) is 0. The van der Waals surface area contributed by atoms with Gasteiger partial charge >= 0.3 is 0 Å². The molecule has 0 saturated heterocycles. The van der Waals surface area contributed by atoms with E-state index in [1.165, 1.54) is 16.8 Å². The Balaban J connectivity index is 1.83. The van der Waals surface area contributed by atoms with Gasteiger partial charge in [-0.05, 0) is 36.2 Å². The highest BCUT2D eigenvalue weighted by Gasteiger charge is 2.09. The summed E-state index contributed by atoms with van der Waals surface area (Å²) < 4.78 is 2.26. The molecule has 0 spiro atoms. The maximum absolute atomic E-state index is 4.89. The van der Waals surface area contributed by atoms with Crippen molar-refractivity contribution in [2.75, 3.05) is 0 Å². The fraction of sp³-hybridized carbons (Fsp3) is 0.0909. The molecular weight excluding hydrogens is 338 g/mol. The normalized spacial score (nSPS) is 11.7. The third-order valence-electron chi connectivity index (χ3n) is 4.19. The molecule has 2 heterocycles. The molecule has 0 unspecified atom stereocenters. The zero-order valence-electron chi connectivity index (χ0n) is 14.5. The van der Waals surface area contributed by atoms with Crippen molar-refractivity contribution in [3.63, 3.8) is 0 Å². The average Bonchev–Trinajstić information content (AvgIpc) is 3.07. The maximum Gasteiger partial charge on any atom is 0.190 e. The first kappa shape index (κ1) is 16.5. The van der Waals surface area contributed by atoms with Crippen molar-refractivity contribution in [1.29, 1.82) is 0 Å². The molecule has 0 amide bonds. The lowest BCUT2D eigenvalue weighted by molar-refractivity contribution is 0.775. The van der Waals surface area contributed by atoms with Crippen LogP contribution in [0.2, 0.25) is 0 Å². The summed E-state index contributed by atoms with van der Waals surface area (Å²) in [7, 11) is 0. The molecule has 26 heavy (non-hydrogen) atoms. The van der Waals surface area contributed by atoms with Gasteiger partial charge in [0.15, 0.2) is 4.80 Å². The van der Waals surface area contributed by atoms with Gasteiger partial charge in [0.25, 0.3) is 0 Å². The van der Waals surface area contributed by atoms with E-state index < -0.39 is 0 Å². The summed E-state index contributed by atoms with van der Waals surface area (Å²) in [5.41, 5.74) is 5.73. The molecule has 0 atom stereocenters. The first-order valence-corrected chi connectivity index (χ1v) is 9.41. The summed E-state index contributed by atoms with van der Waals surface area (Å²) >= 11 is 1.67. The summed E-state index contributed by atoms with van der Waals surface area (Å²) in [4.78, 5) is 10.1. The molecule has 0 aliphatic heterocycles. The Hall–Kier alpha value is -2.98. The molecule has 0 fully saturated rings. The van der Waals surface area contributed by atoms with Crippen LogP contribution >= 0.6 is 11.3 Å². The molecule has 0 aliphatic carbocycles. The SMILES string of the molecule is Cc1ccc(N=c2scc(-c3ccccc3)n2Cc2cccnc2)cc1.